The van der Waals surface area contributed by atoms with E-state index < -0.39 is 5.79 Å². The minimum Gasteiger partial charge on any atom is -0.344 e. The van der Waals surface area contributed by atoms with Crippen LogP contribution in [0.1, 0.15) is 18.1 Å². The molecule has 7 aromatic carbocycles. The summed E-state index contributed by atoms with van der Waals surface area (Å²) in [4.78, 5) is 5.65. The highest BCUT2D eigenvalue weighted by atomic mass is 15.4. The second kappa shape index (κ2) is 10.3. The van der Waals surface area contributed by atoms with Gasteiger partial charge in [0.1, 0.15) is 0 Å². The fourth-order valence-electron chi connectivity index (χ4n) is 7.23. The predicted octanol–water partition coefficient (Wildman–Crippen LogP) is 10.9. The van der Waals surface area contributed by atoms with Crippen molar-refractivity contribution in [2.24, 2.45) is 4.99 Å². The first-order valence-corrected chi connectivity index (χ1v) is 15.8. The first-order chi connectivity index (χ1) is 22.7. The van der Waals surface area contributed by atoms with Crippen LogP contribution in [-0.4, -0.2) is 10.3 Å². The monoisotopic (exact) mass is 589 g/mol. The van der Waals surface area contributed by atoms with Crippen molar-refractivity contribution in [3.8, 4) is 22.3 Å². The van der Waals surface area contributed by atoms with Gasteiger partial charge in [-0.2, -0.15) is 0 Å². The molecule has 3 nitrogen and oxygen atoms in total. The lowest BCUT2D eigenvalue weighted by molar-refractivity contribution is 0.413. The molecular formula is C43H31N3. The summed E-state index contributed by atoms with van der Waals surface area (Å²) in [6, 6.07) is 58.5. The molecule has 0 saturated carbocycles. The molecule has 0 saturated heterocycles. The smallest absolute Gasteiger partial charge is 0.209 e. The third-order valence-electron chi connectivity index (χ3n) is 9.32. The number of nitrogens with zero attached hydrogens (tertiary/aromatic N) is 2. The number of fused-ring (bicyclic) bond motifs is 6. The van der Waals surface area contributed by atoms with Gasteiger partial charge in [0.2, 0.25) is 5.79 Å². The zero-order valence-electron chi connectivity index (χ0n) is 25.5. The third-order valence-corrected chi connectivity index (χ3v) is 9.32. The Hall–Kier alpha value is -5.93. The van der Waals surface area contributed by atoms with Gasteiger partial charge in [0.15, 0.2) is 0 Å². The Morgan fingerprint density at radius 3 is 1.96 bits per heavy atom. The van der Waals surface area contributed by atoms with Crippen molar-refractivity contribution in [3.63, 3.8) is 0 Å². The summed E-state index contributed by atoms with van der Waals surface area (Å²) in [7, 11) is 0. The Bertz CT molecular complexity index is 2450. The molecule has 3 heteroatoms. The number of benzene rings is 7. The van der Waals surface area contributed by atoms with Crippen LogP contribution in [0.2, 0.25) is 0 Å². The molecule has 1 unspecified atom stereocenters. The van der Waals surface area contributed by atoms with Crippen molar-refractivity contribution in [3.05, 3.63) is 175 Å². The Balaban J connectivity index is 1.34. The van der Waals surface area contributed by atoms with Crippen molar-refractivity contribution in [2.75, 3.05) is 5.32 Å². The lowest BCUT2D eigenvalue weighted by Crippen LogP contribution is -2.41. The number of nitrogens with one attached hydrogen (secondary N) is 1. The highest BCUT2D eigenvalue weighted by molar-refractivity contribution is 6.22. The molecule has 1 N–H and O–H groups in total. The van der Waals surface area contributed by atoms with E-state index in [-0.39, 0.29) is 0 Å². The number of aromatic nitrogens is 1. The Kier molecular flexibility index (Phi) is 5.94. The van der Waals surface area contributed by atoms with Crippen molar-refractivity contribution in [1.29, 1.82) is 0 Å². The van der Waals surface area contributed by atoms with E-state index in [2.05, 4.69) is 181 Å². The topological polar surface area (TPSA) is 29.3 Å². The molecule has 0 radical (unpaired) electrons. The molecule has 2 heterocycles. The van der Waals surface area contributed by atoms with Gasteiger partial charge < -0.3 is 5.32 Å². The van der Waals surface area contributed by atoms with Gasteiger partial charge in [-0.25, -0.2) is 4.99 Å². The van der Waals surface area contributed by atoms with Gasteiger partial charge >= 0.3 is 0 Å². The summed E-state index contributed by atoms with van der Waals surface area (Å²) < 4.78 is 2.41. The van der Waals surface area contributed by atoms with E-state index in [0.29, 0.717) is 0 Å². The lowest BCUT2D eigenvalue weighted by Gasteiger charge is -2.37. The molecular weight excluding hydrogens is 558 g/mol. The summed E-state index contributed by atoms with van der Waals surface area (Å²) >= 11 is 0. The van der Waals surface area contributed by atoms with Crippen molar-refractivity contribution in [2.45, 2.75) is 12.7 Å². The average Bonchev–Trinajstić information content (AvgIpc) is 3.47. The molecule has 1 aliphatic heterocycles. The van der Waals surface area contributed by atoms with Crippen molar-refractivity contribution >= 4 is 44.0 Å². The van der Waals surface area contributed by atoms with Gasteiger partial charge in [0, 0.05) is 27.6 Å². The van der Waals surface area contributed by atoms with Gasteiger partial charge in [-0.05, 0) is 64.2 Å². The first kappa shape index (κ1) is 26.5. The fourth-order valence-corrected chi connectivity index (χ4v) is 7.23. The maximum Gasteiger partial charge on any atom is 0.209 e. The summed E-state index contributed by atoms with van der Waals surface area (Å²) in [5.41, 5.74) is 11.3. The summed E-state index contributed by atoms with van der Waals surface area (Å²) in [5.74, 6) is -0.815. The molecule has 218 valence electrons. The van der Waals surface area contributed by atoms with Gasteiger partial charge in [0.05, 0.1) is 16.7 Å². The summed E-state index contributed by atoms with van der Waals surface area (Å²) in [6.07, 6.45) is 0. The number of hydrogen-bond donors (Lipinski definition) is 1. The van der Waals surface area contributed by atoms with Crippen LogP contribution in [0.5, 0.6) is 0 Å². The third kappa shape index (κ3) is 4.17. The first-order valence-electron chi connectivity index (χ1n) is 15.8. The van der Waals surface area contributed by atoms with Crippen LogP contribution in [0, 0.1) is 0 Å². The fraction of sp³-hybridized carbons (Fsp3) is 0.0465. The van der Waals surface area contributed by atoms with Crippen LogP contribution in [0.4, 0.5) is 5.69 Å². The van der Waals surface area contributed by atoms with E-state index in [1.165, 1.54) is 43.8 Å². The summed E-state index contributed by atoms with van der Waals surface area (Å²) in [6.45, 7) is 2.20. The molecule has 46 heavy (non-hydrogen) atoms. The molecule has 0 amide bonds. The van der Waals surface area contributed by atoms with E-state index in [0.717, 1.165) is 33.6 Å². The standard InChI is InChI=1S/C43H31N3/c1-43(44-38-22-11-10-21-36(38)42(45-43)34-19-12-18-32(27-34)29-13-4-2-5-14-29)46-39-26-24-31-17-8-9-20-35(31)41(39)37-25-23-33(28-40(37)46)30-15-6-3-7-16-30/h2-28,44H,1H3. The zero-order valence-corrected chi connectivity index (χ0v) is 25.5. The van der Waals surface area contributed by atoms with Crippen molar-refractivity contribution in [1.82, 2.24) is 4.57 Å². The molecule has 0 aliphatic carbocycles. The number of anilines is 1. The van der Waals surface area contributed by atoms with Crippen molar-refractivity contribution < 1.29 is 0 Å². The minimum atomic E-state index is -0.815. The Labute approximate surface area is 268 Å². The lowest BCUT2D eigenvalue weighted by atomic mass is 9.95. The Morgan fingerprint density at radius 1 is 0.500 bits per heavy atom. The van der Waals surface area contributed by atoms with Gasteiger partial charge in [-0.3, -0.25) is 4.57 Å². The van der Waals surface area contributed by atoms with E-state index in [9.17, 15) is 0 Å². The number of hydrogen-bond acceptors (Lipinski definition) is 2. The molecule has 0 fully saturated rings. The molecule has 1 aliphatic rings. The predicted molar refractivity (Wildman–Crippen MR) is 194 cm³/mol. The number of rotatable bonds is 4. The molecule has 8 aromatic rings. The molecule has 9 rings (SSSR count). The van der Waals surface area contributed by atoms with E-state index >= 15 is 0 Å². The van der Waals surface area contributed by atoms with Crippen LogP contribution in [-0.2, 0) is 5.79 Å². The average molecular weight is 590 g/mol. The second-order valence-corrected chi connectivity index (χ2v) is 12.2. The van der Waals surface area contributed by atoms with Crippen LogP contribution in [0.15, 0.2) is 169 Å². The van der Waals surface area contributed by atoms with E-state index in [4.69, 9.17) is 4.99 Å². The number of para-hydroxylation sites is 1. The van der Waals surface area contributed by atoms with Crippen LogP contribution >= 0.6 is 0 Å². The second-order valence-electron chi connectivity index (χ2n) is 12.2. The van der Waals surface area contributed by atoms with Crippen LogP contribution in [0.25, 0.3) is 54.8 Å². The highest BCUT2D eigenvalue weighted by Gasteiger charge is 2.35. The quantitative estimate of drug-likeness (QED) is 0.217. The highest BCUT2D eigenvalue weighted by Crippen LogP contribution is 2.43. The summed E-state index contributed by atoms with van der Waals surface area (Å²) in [5, 5.41) is 8.83. The maximum absolute atomic E-state index is 5.65. The van der Waals surface area contributed by atoms with Gasteiger partial charge in [-0.15, -0.1) is 0 Å². The maximum atomic E-state index is 5.65. The minimum absolute atomic E-state index is 0.815. The molecule has 0 bridgehead atoms. The van der Waals surface area contributed by atoms with E-state index in [1.807, 2.05) is 0 Å². The van der Waals surface area contributed by atoms with Gasteiger partial charge in [-0.1, -0.05) is 140 Å². The van der Waals surface area contributed by atoms with Crippen LogP contribution in [0.3, 0.4) is 0 Å². The Morgan fingerprint density at radius 2 is 1.15 bits per heavy atom. The molecule has 1 aromatic heterocycles. The zero-order chi connectivity index (χ0) is 30.7. The van der Waals surface area contributed by atoms with E-state index in [1.54, 1.807) is 0 Å². The normalized spacial score (nSPS) is 15.9. The van der Waals surface area contributed by atoms with Gasteiger partial charge in [0.25, 0.3) is 0 Å². The molecule has 1 atom stereocenters. The van der Waals surface area contributed by atoms with Crippen LogP contribution < -0.4 is 5.32 Å². The molecule has 0 spiro atoms. The number of aliphatic imine (C=N–C) groups is 1. The SMILES string of the molecule is CC1(n2c3cc(-c4ccccc4)ccc3c3c4ccccc4ccc32)N=C(c2cccc(-c3ccccc3)c2)c2ccccc2N1. The largest absolute Gasteiger partial charge is 0.344 e.